The third-order valence-corrected chi connectivity index (χ3v) is 6.93. The summed E-state index contributed by atoms with van der Waals surface area (Å²) in [4.78, 5) is 26.8. The molecular weight excluding hydrogens is 443 g/mol. The van der Waals surface area contributed by atoms with E-state index in [1.54, 1.807) is 19.2 Å². The highest BCUT2D eigenvalue weighted by molar-refractivity contribution is 5.99. The van der Waals surface area contributed by atoms with Gasteiger partial charge < -0.3 is 9.88 Å². The van der Waals surface area contributed by atoms with Gasteiger partial charge in [0.1, 0.15) is 5.82 Å². The highest BCUT2D eigenvalue weighted by Gasteiger charge is 2.34. The molecule has 0 spiro atoms. The standard InChI is InChI=1S/C28H23FN4O2/c1-16-8-4-5-9-19(16)24-22-25(31(2)28(35)32(3)27(22)34)26-23(17-12-14-18(29)15-13-17)30-20-10-6-7-11-21(20)33(24)26/h4-15,23,30H,1-3H3/t23-/m1/s1. The summed E-state index contributed by atoms with van der Waals surface area (Å²) in [5.41, 5.74) is 5.83. The van der Waals surface area contributed by atoms with Gasteiger partial charge in [-0.15, -0.1) is 0 Å². The van der Waals surface area contributed by atoms with Crippen LogP contribution in [0, 0.1) is 12.7 Å². The number of nitrogens with zero attached hydrogens (tertiary/aromatic N) is 3. The molecule has 0 radical (unpaired) electrons. The van der Waals surface area contributed by atoms with E-state index in [2.05, 4.69) is 9.88 Å². The largest absolute Gasteiger partial charge is 0.371 e. The first-order valence-corrected chi connectivity index (χ1v) is 11.4. The molecule has 1 N–H and O–H groups in total. The number of aromatic nitrogens is 3. The molecule has 35 heavy (non-hydrogen) atoms. The van der Waals surface area contributed by atoms with Crippen LogP contribution < -0.4 is 16.6 Å². The second kappa shape index (κ2) is 7.56. The molecule has 2 aromatic heterocycles. The van der Waals surface area contributed by atoms with Crippen LogP contribution in [0.3, 0.4) is 0 Å². The molecule has 174 valence electrons. The Morgan fingerprint density at radius 3 is 2.29 bits per heavy atom. The lowest BCUT2D eigenvalue weighted by molar-refractivity contribution is 0.626. The molecule has 0 saturated heterocycles. The molecule has 3 aromatic carbocycles. The van der Waals surface area contributed by atoms with Crippen LogP contribution in [-0.2, 0) is 14.1 Å². The van der Waals surface area contributed by atoms with Crippen LogP contribution >= 0.6 is 0 Å². The van der Waals surface area contributed by atoms with Crippen molar-refractivity contribution in [3.05, 3.63) is 116 Å². The minimum atomic E-state index is -0.413. The first kappa shape index (κ1) is 21.2. The number of nitrogens with one attached hydrogen (secondary N) is 1. The highest BCUT2D eigenvalue weighted by Crippen LogP contribution is 2.45. The predicted octanol–water partition coefficient (Wildman–Crippen LogP) is 4.66. The van der Waals surface area contributed by atoms with Gasteiger partial charge in [-0.3, -0.25) is 13.9 Å². The molecule has 7 heteroatoms. The van der Waals surface area contributed by atoms with Gasteiger partial charge in [0, 0.05) is 19.7 Å². The van der Waals surface area contributed by atoms with Crippen molar-refractivity contribution in [3.63, 3.8) is 0 Å². The molecule has 3 heterocycles. The van der Waals surface area contributed by atoms with Crippen molar-refractivity contribution in [3.8, 4) is 16.9 Å². The summed E-state index contributed by atoms with van der Waals surface area (Å²) in [6, 6.07) is 21.7. The Bertz CT molecular complexity index is 1760. The Morgan fingerprint density at radius 1 is 0.857 bits per heavy atom. The Balaban J connectivity index is 1.88. The number of rotatable bonds is 2. The highest BCUT2D eigenvalue weighted by atomic mass is 19.1. The summed E-state index contributed by atoms with van der Waals surface area (Å²) in [5.74, 6) is -0.327. The van der Waals surface area contributed by atoms with Crippen LogP contribution in [-0.4, -0.2) is 13.7 Å². The van der Waals surface area contributed by atoms with Gasteiger partial charge in [0.05, 0.1) is 39.7 Å². The molecule has 0 unspecified atom stereocenters. The van der Waals surface area contributed by atoms with E-state index < -0.39 is 11.7 Å². The summed E-state index contributed by atoms with van der Waals surface area (Å²) in [5, 5.41) is 4.05. The van der Waals surface area contributed by atoms with E-state index in [1.165, 1.54) is 23.7 Å². The smallest absolute Gasteiger partial charge is 0.331 e. The van der Waals surface area contributed by atoms with E-state index in [1.807, 2.05) is 55.5 Å². The normalized spacial score (nSPS) is 14.5. The van der Waals surface area contributed by atoms with Crippen molar-refractivity contribution in [2.24, 2.45) is 14.1 Å². The summed E-state index contributed by atoms with van der Waals surface area (Å²) < 4.78 is 18.6. The number of fused-ring (bicyclic) bond motifs is 5. The lowest BCUT2D eigenvalue weighted by atomic mass is 9.99. The average Bonchev–Trinajstić information content (AvgIpc) is 3.23. The molecule has 0 bridgehead atoms. The lowest BCUT2D eigenvalue weighted by Crippen LogP contribution is -2.37. The molecule has 6 nitrogen and oxygen atoms in total. The molecular formula is C28H23FN4O2. The summed E-state index contributed by atoms with van der Waals surface area (Å²) >= 11 is 0. The summed E-state index contributed by atoms with van der Waals surface area (Å²) in [6.45, 7) is 2.01. The van der Waals surface area contributed by atoms with Crippen LogP contribution in [0.2, 0.25) is 0 Å². The van der Waals surface area contributed by atoms with Crippen molar-refractivity contribution < 1.29 is 4.39 Å². The molecule has 1 aliphatic heterocycles. The molecule has 5 aromatic rings. The van der Waals surface area contributed by atoms with E-state index in [4.69, 9.17) is 0 Å². The van der Waals surface area contributed by atoms with Crippen LogP contribution in [0.4, 0.5) is 10.1 Å². The Morgan fingerprint density at radius 2 is 1.54 bits per heavy atom. The van der Waals surface area contributed by atoms with Gasteiger partial charge in [0.15, 0.2) is 0 Å². The predicted molar refractivity (Wildman–Crippen MR) is 136 cm³/mol. The van der Waals surface area contributed by atoms with Crippen LogP contribution in [0.25, 0.3) is 27.8 Å². The third-order valence-electron chi connectivity index (χ3n) is 6.93. The summed E-state index contributed by atoms with van der Waals surface area (Å²) in [6.07, 6.45) is 0. The fourth-order valence-corrected chi connectivity index (χ4v) is 5.22. The maximum atomic E-state index is 13.8. The SMILES string of the molecule is Cc1ccccc1-c1c2c(=O)n(C)c(=O)n(C)c2c2n1-c1ccccc1N[C@@H]2c1ccc(F)cc1. The van der Waals surface area contributed by atoms with Crippen molar-refractivity contribution in [2.45, 2.75) is 13.0 Å². The topological polar surface area (TPSA) is 61.0 Å². The molecule has 1 atom stereocenters. The molecule has 0 saturated carbocycles. The van der Waals surface area contributed by atoms with Crippen molar-refractivity contribution in [1.29, 1.82) is 0 Å². The van der Waals surface area contributed by atoms with E-state index in [0.717, 1.165) is 44.0 Å². The lowest BCUT2D eigenvalue weighted by Gasteiger charge is -2.31. The van der Waals surface area contributed by atoms with Gasteiger partial charge in [-0.2, -0.15) is 0 Å². The monoisotopic (exact) mass is 466 g/mol. The first-order chi connectivity index (χ1) is 16.9. The van der Waals surface area contributed by atoms with Crippen LogP contribution in [0.1, 0.15) is 22.9 Å². The van der Waals surface area contributed by atoms with Crippen molar-refractivity contribution in [2.75, 3.05) is 5.32 Å². The Kier molecular flexibility index (Phi) is 4.57. The zero-order valence-corrected chi connectivity index (χ0v) is 19.5. The van der Waals surface area contributed by atoms with Gasteiger partial charge in [0.2, 0.25) is 0 Å². The van der Waals surface area contributed by atoms with Gasteiger partial charge in [0.25, 0.3) is 5.56 Å². The molecule has 0 fully saturated rings. The van der Waals surface area contributed by atoms with Crippen molar-refractivity contribution >= 4 is 16.6 Å². The molecule has 0 aliphatic carbocycles. The minimum Gasteiger partial charge on any atom is -0.371 e. The van der Waals surface area contributed by atoms with Crippen LogP contribution in [0.5, 0.6) is 0 Å². The number of aryl methyl sites for hydroxylation is 2. The maximum absolute atomic E-state index is 13.8. The van der Waals surface area contributed by atoms with E-state index in [0.29, 0.717) is 10.9 Å². The number of halogens is 1. The Hall–Kier alpha value is -4.39. The van der Waals surface area contributed by atoms with E-state index >= 15 is 0 Å². The quantitative estimate of drug-likeness (QED) is 0.412. The fourth-order valence-electron chi connectivity index (χ4n) is 5.22. The second-order valence-electron chi connectivity index (χ2n) is 8.96. The number of hydrogen-bond acceptors (Lipinski definition) is 3. The number of hydrogen-bond donors (Lipinski definition) is 1. The fraction of sp³-hybridized carbons (Fsp3) is 0.143. The van der Waals surface area contributed by atoms with Crippen molar-refractivity contribution in [1.82, 2.24) is 13.7 Å². The number of para-hydroxylation sites is 2. The summed E-state index contributed by atoms with van der Waals surface area (Å²) in [7, 11) is 3.20. The Labute approximate surface area is 200 Å². The second-order valence-corrected chi connectivity index (χ2v) is 8.96. The third kappa shape index (κ3) is 2.94. The molecule has 6 rings (SSSR count). The molecule has 0 amide bonds. The molecule has 1 aliphatic rings. The minimum absolute atomic E-state index is 0.327. The van der Waals surface area contributed by atoms with Gasteiger partial charge in [-0.25, -0.2) is 9.18 Å². The first-order valence-electron chi connectivity index (χ1n) is 11.4. The average molecular weight is 467 g/mol. The van der Waals surface area contributed by atoms with E-state index in [9.17, 15) is 14.0 Å². The zero-order valence-electron chi connectivity index (χ0n) is 19.5. The number of anilines is 1. The van der Waals surface area contributed by atoms with Gasteiger partial charge >= 0.3 is 5.69 Å². The maximum Gasteiger partial charge on any atom is 0.331 e. The zero-order chi connectivity index (χ0) is 24.4. The van der Waals surface area contributed by atoms with Gasteiger partial charge in [-0.05, 0) is 42.3 Å². The van der Waals surface area contributed by atoms with Crippen LogP contribution in [0.15, 0.2) is 82.4 Å². The van der Waals surface area contributed by atoms with Gasteiger partial charge in [-0.1, -0.05) is 48.5 Å². The van der Waals surface area contributed by atoms with E-state index in [-0.39, 0.29) is 11.4 Å². The number of benzene rings is 3.